The van der Waals surface area contributed by atoms with Crippen LogP contribution in [0.2, 0.25) is 5.02 Å². The normalized spacial score (nSPS) is 15.5. The Balaban J connectivity index is 1.81. The van der Waals surface area contributed by atoms with E-state index in [1.165, 1.54) is 0 Å². The lowest BCUT2D eigenvalue weighted by Gasteiger charge is -2.18. The highest BCUT2D eigenvalue weighted by atomic mass is 35.5. The number of amides is 2. The van der Waals surface area contributed by atoms with Crippen molar-refractivity contribution in [2.75, 3.05) is 17.2 Å². The molecule has 124 valence electrons. The first kappa shape index (κ1) is 16.3. The van der Waals surface area contributed by atoms with Gasteiger partial charge in [-0.25, -0.2) is 0 Å². The van der Waals surface area contributed by atoms with Gasteiger partial charge in [-0.2, -0.15) is 0 Å². The van der Waals surface area contributed by atoms with E-state index in [2.05, 4.69) is 10.6 Å². The van der Waals surface area contributed by atoms with Gasteiger partial charge in [0.25, 0.3) is 5.91 Å². The molecule has 0 saturated carbocycles. The van der Waals surface area contributed by atoms with Crippen molar-refractivity contribution in [3.05, 3.63) is 53.1 Å². The summed E-state index contributed by atoms with van der Waals surface area (Å²) in [5.74, 6) is 0.158. The molecule has 24 heavy (non-hydrogen) atoms. The summed E-state index contributed by atoms with van der Waals surface area (Å²) < 4.78 is 5.73. The molecule has 3 rings (SSSR count). The summed E-state index contributed by atoms with van der Waals surface area (Å²) in [4.78, 5) is 24.4. The average Bonchev–Trinajstić information content (AvgIpc) is 2.65. The van der Waals surface area contributed by atoms with E-state index in [4.69, 9.17) is 16.3 Å². The zero-order chi connectivity index (χ0) is 17.3. The number of anilines is 2. The molecule has 5 nitrogen and oxygen atoms in total. The van der Waals surface area contributed by atoms with Crippen LogP contribution in [0, 0.1) is 5.41 Å². The smallest absolute Gasteiger partial charge is 0.255 e. The van der Waals surface area contributed by atoms with Gasteiger partial charge in [-0.15, -0.1) is 0 Å². The Morgan fingerprint density at radius 1 is 1.25 bits per heavy atom. The largest absolute Gasteiger partial charge is 0.490 e. The molecule has 6 heteroatoms. The molecule has 0 saturated heterocycles. The van der Waals surface area contributed by atoms with Crippen molar-refractivity contribution in [2.45, 2.75) is 13.8 Å². The fraction of sp³-hybridized carbons (Fsp3) is 0.222. The molecule has 0 atom stereocenters. The first-order valence-electron chi connectivity index (χ1n) is 7.50. The maximum Gasteiger partial charge on any atom is 0.255 e. The minimum Gasteiger partial charge on any atom is -0.490 e. The third-order valence-corrected chi connectivity index (χ3v) is 4.01. The van der Waals surface area contributed by atoms with E-state index in [0.717, 1.165) is 0 Å². The second-order valence-electron chi connectivity index (χ2n) is 6.30. The fourth-order valence-corrected chi connectivity index (χ4v) is 2.46. The maximum atomic E-state index is 12.3. The van der Waals surface area contributed by atoms with Gasteiger partial charge >= 0.3 is 0 Å². The van der Waals surface area contributed by atoms with Crippen molar-refractivity contribution in [3.8, 4) is 5.75 Å². The second-order valence-corrected chi connectivity index (χ2v) is 6.74. The van der Waals surface area contributed by atoms with E-state index in [-0.39, 0.29) is 18.4 Å². The van der Waals surface area contributed by atoms with Crippen molar-refractivity contribution in [2.24, 2.45) is 5.41 Å². The van der Waals surface area contributed by atoms with Crippen molar-refractivity contribution >= 4 is 34.8 Å². The van der Waals surface area contributed by atoms with Crippen LogP contribution >= 0.6 is 11.6 Å². The van der Waals surface area contributed by atoms with Crippen LogP contribution in [0.3, 0.4) is 0 Å². The summed E-state index contributed by atoms with van der Waals surface area (Å²) >= 11 is 5.91. The van der Waals surface area contributed by atoms with Crippen LogP contribution in [-0.4, -0.2) is 18.4 Å². The fourth-order valence-electron chi connectivity index (χ4n) is 2.27. The summed E-state index contributed by atoms with van der Waals surface area (Å²) in [5.41, 5.74) is 1.01. The number of fused-ring (bicyclic) bond motifs is 1. The van der Waals surface area contributed by atoms with Crippen LogP contribution in [0.25, 0.3) is 0 Å². The zero-order valence-electron chi connectivity index (χ0n) is 13.4. The van der Waals surface area contributed by atoms with Gasteiger partial charge in [-0.1, -0.05) is 17.7 Å². The van der Waals surface area contributed by atoms with Gasteiger partial charge in [0.15, 0.2) is 0 Å². The van der Waals surface area contributed by atoms with Crippen molar-refractivity contribution in [1.29, 1.82) is 0 Å². The van der Waals surface area contributed by atoms with Crippen LogP contribution in [0.15, 0.2) is 42.5 Å². The topological polar surface area (TPSA) is 67.4 Å². The molecule has 0 aliphatic carbocycles. The summed E-state index contributed by atoms with van der Waals surface area (Å²) in [5, 5.41) is 6.13. The first-order chi connectivity index (χ1) is 11.3. The predicted molar refractivity (Wildman–Crippen MR) is 93.8 cm³/mol. The quantitative estimate of drug-likeness (QED) is 0.866. The minimum atomic E-state index is -0.622. The van der Waals surface area contributed by atoms with Crippen LogP contribution in [0.1, 0.15) is 24.2 Å². The molecular weight excluding hydrogens is 328 g/mol. The third kappa shape index (κ3) is 3.36. The van der Waals surface area contributed by atoms with Crippen LogP contribution in [0.4, 0.5) is 11.4 Å². The Bertz CT molecular complexity index is 818. The summed E-state index contributed by atoms with van der Waals surface area (Å²) in [6.07, 6.45) is 0. The number of carbonyl (C=O) groups excluding carboxylic acids is 2. The predicted octanol–water partition coefficient (Wildman–Crippen LogP) is 3.95. The minimum absolute atomic E-state index is 0.100. The van der Waals surface area contributed by atoms with Crippen molar-refractivity contribution < 1.29 is 14.3 Å². The molecule has 0 radical (unpaired) electrons. The molecule has 0 aromatic heterocycles. The molecule has 1 heterocycles. The molecule has 0 spiro atoms. The number of carbonyl (C=O) groups is 2. The summed E-state index contributed by atoms with van der Waals surface area (Å²) in [6.45, 7) is 3.89. The number of hydrogen-bond donors (Lipinski definition) is 2. The second kappa shape index (κ2) is 6.17. The molecule has 2 aromatic carbocycles. The van der Waals surface area contributed by atoms with E-state index >= 15 is 0 Å². The molecular formula is C18H17ClN2O3. The van der Waals surface area contributed by atoms with Gasteiger partial charge in [0.1, 0.15) is 12.4 Å². The standard InChI is InChI=1S/C18H17ClN2O3/c1-18(2)10-24-15-9-13(6-7-14(15)21-17(18)23)20-16(22)11-4-3-5-12(19)8-11/h3-9H,10H2,1-2H3,(H,20,22)(H,21,23). The first-order valence-corrected chi connectivity index (χ1v) is 7.88. The van der Waals surface area contributed by atoms with E-state index in [1.54, 1.807) is 42.5 Å². The number of ether oxygens (including phenoxy) is 1. The van der Waals surface area contributed by atoms with Crippen molar-refractivity contribution in [3.63, 3.8) is 0 Å². The highest BCUT2D eigenvalue weighted by Crippen LogP contribution is 2.34. The van der Waals surface area contributed by atoms with Gasteiger partial charge < -0.3 is 15.4 Å². The monoisotopic (exact) mass is 344 g/mol. The molecule has 0 unspecified atom stereocenters. The molecule has 1 aliphatic heterocycles. The van der Waals surface area contributed by atoms with Crippen LogP contribution < -0.4 is 15.4 Å². The van der Waals surface area contributed by atoms with Gasteiger partial charge in [0.05, 0.1) is 11.1 Å². The van der Waals surface area contributed by atoms with Crippen molar-refractivity contribution in [1.82, 2.24) is 0 Å². The Hall–Kier alpha value is -2.53. The average molecular weight is 345 g/mol. The van der Waals surface area contributed by atoms with E-state index in [0.29, 0.717) is 27.7 Å². The lowest BCUT2D eigenvalue weighted by Crippen LogP contribution is -2.33. The number of benzene rings is 2. The molecule has 0 bridgehead atoms. The van der Waals surface area contributed by atoms with Crippen LogP contribution in [0.5, 0.6) is 5.75 Å². The van der Waals surface area contributed by atoms with Gasteiger partial charge in [0, 0.05) is 22.3 Å². The Morgan fingerprint density at radius 3 is 2.79 bits per heavy atom. The Labute approximate surface area is 145 Å². The van der Waals surface area contributed by atoms with Gasteiger partial charge in [-0.3, -0.25) is 9.59 Å². The number of rotatable bonds is 2. The number of hydrogen-bond acceptors (Lipinski definition) is 3. The summed E-state index contributed by atoms with van der Waals surface area (Å²) in [6, 6.07) is 11.8. The molecule has 1 aliphatic rings. The van der Waals surface area contributed by atoms with E-state index in [1.807, 2.05) is 13.8 Å². The Kier molecular flexibility index (Phi) is 4.20. The summed E-state index contributed by atoms with van der Waals surface area (Å²) in [7, 11) is 0. The molecule has 0 fully saturated rings. The maximum absolute atomic E-state index is 12.3. The number of halogens is 1. The lowest BCUT2D eigenvalue weighted by atomic mass is 9.94. The molecule has 2 aromatic rings. The lowest BCUT2D eigenvalue weighted by molar-refractivity contribution is -0.124. The SMILES string of the molecule is CC1(C)COc2cc(NC(=O)c3cccc(Cl)c3)ccc2NC1=O. The zero-order valence-corrected chi connectivity index (χ0v) is 14.1. The highest BCUT2D eigenvalue weighted by molar-refractivity contribution is 6.31. The van der Waals surface area contributed by atoms with Gasteiger partial charge in [-0.05, 0) is 44.2 Å². The molecule has 2 amide bonds. The van der Waals surface area contributed by atoms with E-state index < -0.39 is 5.41 Å². The number of nitrogens with one attached hydrogen (secondary N) is 2. The van der Waals surface area contributed by atoms with E-state index in [9.17, 15) is 9.59 Å². The van der Waals surface area contributed by atoms with Crippen LogP contribution in [-0.2, 0) is 4.79 Å². The van der Waals surface area contributed by atoms with Gasteiger partial charge in [0.2, 0.25) is 5.91 Å². The highest BCUT2D eigenvalue weighted by Gasteiger charge is 2.32. The molecule has 2 N–H and O–H groups in total. The Morgan fingerprint density at radius 2 is 2.04 bits per heavy atom. The third-order valence-electron chi connectivity index (χ3n) is 3.78.